The second kappa shape index (κ2) is 9.32. The Bertz CT molecular complexity index is 812. The Balaban J connectivity index is 1.95. The maximum Gasteiger partial charge on any atom is 0.326 e. The molecule has 0 radical (unpaired) electrons. The maximum absolute atomic E-state index is 12.4. The quantitative estimate of drug-likeness (QED) is 0.667. The predicted molar refractivity (Wildman–Crippen MR) is 99.0 cm³/mol. The summed E-state index contributed by atoms with van der Waals surface area (Å²) in [4.78, 5) is 27.9. The Morgan fingerprint density at radius 1 is 1.32 bits per heavy atom. The molecule has 1 aromatic carbocycles. The normalized spacial score (nSPS) is 12.4. The number of carbonyl (C=O) groups excluding carboxylic acids is 1. The molecular weight excluding hydrogens is 366 g/mol. The van der Waals surface area contributed by atoms with Crippen LogP contribution in [0.4, 0.5) is 0 Å². The molecule has 2 N–H and O–H groups in total. The van der Waals surface area contributed by atoms with Crippen LogP contribution >= 0.6 is 0 Å². The van der Waals surface area contributed by atoms with Gasteiger partial charge in [-0.25, -0.2) is 4.79 Å². The van der Waals surface area contributed by atoms with Gasteiger partial charge < -0.3 is 24.4 Å². The number of aliphatic carboxylic acids is 1. The summed E-state index contributed by atoms with van der Waals surface area (Å²) in [5, 5.41) is 15.6. The van der Waals surface area contributed by atoms with Crippen molar-refractivity contribution in [1.82, 2.24) is 15.5 Å². The van der Waals surface area contributed by atoms with Crippen molar-refractivity contribution in [3.05, 3.63) is 41.5 Å². The minimum absolute atomic E-state index is 0.0876. The zero-order valence-corrected chi connectivity index (χ0v) is 16.4. The topological polar surface area (TPSA) is 124 Å². The number of nitrogens with zero attached hydrogens (tertiary/aromatic N) is 2. The lowest BCUT2D eigenvalue weighted by Crippen LogP contribution is -2.42. The number of rotatable bonds is 9. The van der Waals surface area contributed by atoms with E-state index < -0.39 is 17.9 Å². The Labute approximate surface area is 163 Å². The molecule has 0 saturated carbocycles. The van der Waals surface area contributed by atoms with Crippen LogP contribution in [0.15, 0.2) is 28.8 Å². The van der Waals surface area contributed by atoms with Crippen LogP contribution in [-0.4, -0.2) is 45.4 Å². The van der Waals surface area contributed by atoms with Gasteiger partial charge in [0.25, 0.3) is 5.91 Å². The van der Waals surface area contributed by atoms with E-state index in [1.54, 1.807) is 25.1 Å². The van der Waals surface area contributed by atoms with Crippen molar-refractivity contribution in [2.45, 2.75) is 52.4 Å². The van der Waals surface area contributed by atoms with E-state index in [0.29, 0.717) is 17.5 Å². The molecule has 9 heteroatoms. The molecule has 0 saturated heterocycles. The molecule has 0 bridgehead atoms. The van der Waals surface area contributed by atoms with Gasteiger partial charge in [-0.1, -0.05) is 11.2 Å². The summed E-state index contributed by atoms with van der Waals surface area (Å²) < 4.78 is 16.0. The summed E-state index contributed by atoms with van der Waals surface area (Å²) in [5.41, 5.74) is -0.0968. The first kappa shape index (κ1) is 21.4. The van der Waals surface area contributed by atoms with Gasteiger partial charge in [-0.05, 0) is 39.0 Å². The van der Waals surface area contributed by atoms with Gasteiger partial charge >= 0.3 is 5.97 Å². The highest BCUT2D eigenvalue weighted by Crippen LogP contribution is 2.15. The lowest BCUT2D eigenvalue weighted by atomic mass is 10.1. The van der Waals surface area contributed by atoms with Crippen LogP contribution in [0.1, 0.15) is 49.3 Å². The number of carboxylic acid groups (broad SMARTS) is 1. The molecule has 1 aromatic heterocycles. The van der Waals surface area contributed by atoms with E-state index in [2.05, 4.69) is 15.5 Å². The smallest absolute Gasteiger partial charge is 0.326 e. The molecule has 1 unspecified atom stereocenters. The zero-order valence-electron chi connectivity index (χ0n) is 16.4. The first-order valence-corrected chi connectivity index (χ1v) is 8.84. The molecule has 0 spiro atoms. The van der Waals surface area contributed by atoms with Crippen LogP contribution in [0.3, 0.4) is 0 Å². The Morgan fingerprint density at radius 3 is 2.68 bits per heavy atom. The third kappa shape index (κ3) is 6.99. The minimum atomic E-state index is -1.12. The second-order valence-electron chi connectivity index (χ2n) is 7.16. The molecule has 0 fully saturated rings. The van der Waals surface area contributed by atoms with Crippen LogP contribution < -0.4 is 10.1 Å². The van der Waals surface area contributed by atoms with Gasteiger partial charge in [-0.3, -0.25) is 4.79 Å². The molecule has 0 aliphatic carbocycles. The number of amides is 1. The largest absolute Gasteiger partial charge is 0.485 e. The summed E-state index contributed by atoms with van der Waals surface area (Å²) in [7, 11) is 0. The minimum Gasteiger partial charge on any atom is -0.485 e. The highest BCUT2D eigenvalue weighted by atomic mass is 16.5. The number of ether oxygens (including phenoxy) is 2. The average Bonchev–Trinajstić information content (AvgIpc) is 3.03. The summed E-state index contributed by atoms with van der Waals surface area (Å²) in [6.07, 6.45) is 0.158. The number of aryl methyl sites for hydroxylation is 1. The Morgan fingerprint density at radius 2 is 2.07 bits per heavy atom. The highest BCUT2D eigenvalue weighted by molar-refractivity contribution is 5.96. The molecule has 1 amide bonds. The van der Waals surface area contributed by atoms with Crippen molar-refractivity contribution in [3.8, 4) is 5.75 Å². The van der Waals surface area contributed by atoms with E-state index in [4.69, 9.17) is 14.0 Å². The van der Waals surface area contributed by atoms with Crippen molar-refractivity contribution >= 4 is 11.9 Å². The first-order chi connectivity index (χ1) is 13.1. The molecule has 0 aliphatic heterocycles. The SMILES string of the molecule is Cc1nc(COc2cccc(C(=O)NC(CCOC(C)(C)C)C(=O)O)c2)no1. The molecule has 2 rings (SSSR count). The standard InChI is InChI=1S/C19H25N3O6/c1-12-20-16(22-28-12)11-26-14-7-5-6-13(10-14)17(23)21-15(18(24)25)8-9-27-19(2,3)4/h5-7,10,15H,8-9,11H2,1-4H3,(H,21,23)(H,24,25). The molecular formula is C19H25N3O6. The highest BCUT2D eigenvalue weighted by Gasteiger charge is 2.22. The van der Waals surface area contributed by atoms with Crippen LogP contribution in [0, 0.1) is 6.92 Å². The van der Waals surface area contributed by atoms with E-state index in [0.717, 1.165) is 0 Å². The lowest BCUT2D eigenvalue weighted by molar-refractivity contribution is -0.140. The fourth-order valence-electron chi connectivity index (χ4n) is 2.26. The molecule has 1 atom stereocenters. The Kier molecular flexibility index (Phi) is 7.11. The van der Waals surface area contributed by atoms with Crippen LogP contribution in [0.2, 0.25) is 0 Å². The van der Waals surface area contributed by atoms with Gasteiger partial charge in [-0.2, -0.15) is 4.98 Å². The third-order valence-electron chi connectivity index (χ3n) is 3.58. The summed E-state index contributed by atoms with van der Waals surface area (Å²) in [5.74, 6) is -0.383. The molecule has 152 valence electrons. The number of aromatic nitrogens is 2. The van der Waals surface area contributed by atoms with Gasteiger partial charge in [0.05, 0.1) is 5.60 Å². The fraction of sp³-hybridized carbons (Fsp3) is 0.474. The molecule has 2 aromatic rings. The van der Waals surface area contributed by atoms with E-state index in [9.17, 15) is 14.7 Å². The fourth-order valence-corrected chi connectivity index (χ4v) is 2.26. The predicted octanol–water partition coefficient (Wildman–Crippen LogP) is 2.35. The zero-order chi connectivity index (χ0) is 20.7. The van der Waals surface area contributed by atoms with Gasteiger partial charge in [0.1, 0.15) is 11.8 Å². The average molecular weight is 391 g/mol. The molecule has 1 heterocycles. The molecule has 9 nitrogen and oxygen atoms in total. The van der Waals surface area contributed by atoms with Crippen molar-refractivity contribution in [2.75, 3.05) is 6.61 Å². The van der Waals surface area contributed by atoms with Gasteiger partial charge in [-0.15, -0.1) is 0 Å². The number of carboxylic acids is 1. The number of hydrogen-bond donors (Lipinski definition) is 2. The lowest BCUT2D eigenvalue weighted by Gasteiger charge is -2.21. The van der Waals surface area contributed by atoms with Crippen LogP contribution in [-0.2, 0) is 16.1 Å². The maximum atomic E-state index is 12.4. The van der Waals surface area contributed by atoms with E-state index in [-0.39, 0.29) is 30.8 Å². The summed E-state index contributed by atoms with van der Waals surface area (Å²) in [6, 6.07) is 5.36. The van der Waals surface area contributed by atoms with Gasteiger partial charge in [0, 0.05) is 25.5 Å². The van der Waals surface area contributed by atoms with Crippen molar-refractivity contribution < 1.29 is 28.7 Å². The molecule has 0 aliphatic rings. The van der Waals surface area contributed by atoms with Crippen molar-refractivity contribution in [2.24, 2.45) is 0 Å². The van der Waals surface area contributed by atoms with E-state index in [1.807, 2.05) is 20.8 Å². The van der Waals surface area contributed by atoms with Crippen molar-refractivity contribution in [3.63, 3.8) is 0 Å². The number of carbonyl (C=O) groups is 2. The van der Waals surface area contributed by atoms with Crippen molar-refractivity contribution in [1.29, 1.82) is 0 Å². The number of hydrogen-bond acceptors (Lipinski definition) is 7. The number of benzene rings is 1. The van der Waals surface area contributed by atoms with Crippen LogP contribution in [0.5, 0.6) is 5.75 Å². The van der Waals surface area contributed by atoms with E-state index in [1.165, 1.54) is 6.07 Å². The number of nitrogens with one attached hydrogen (secondary N) is 1. The van der Waals surface area contributed by atoms with Gasteiger partial charge in [0.15, 0.2) is 6.61 Å². The van der Waals surface area contributed by atoms with Crippen LogP contribution in [0.25, 0.3) is 0 Å². The van der Waals surface area contributed by atoms with Gasteiger partial charge in [0.2, 0.25) is 11.7 Å². The van der Waals surface area contributed by atoms with E-state index >= 15 is 0 Å². The summed E-state index contributed by atoms with van der Waals surface area (Å²) >= 11 is 0. The monoisotopic (exact) mass is 391 g/mol. The second-order valence-corrected chi connectivity index (χ2v) is 7.16. The Hall–Kier alpha value is -2.94. The third-order valence-corrected chi connectivity index (χ3v) is 3.58. The first-order valence-electron chi connectivity index (χ1n) is 8.84. The summed E-state index contributed by atoms with van der Waals surface area (Å²) in [6.45, 7) is 7.61. The molecule has 28 heavy (non-hydrogen) atoms.